The van der Waals surface area contributed by atoms with Crippen molar-refractivity contribution in [3.05, 3.63) is 28.2 Å². The zero-order valence-corrected chi connectivity index (χ0v) is 17.9. The van der Waals surface area contributed by atoms with Crippen molar-refractivity contribution in [1.29, 1.82) is 0 Å². The number of aliphatic imine (C=N–C) groups is 1. The number of benzene rings is 1. The van der Waals surface area contributed by atoms with Crippen LogP contribution in [0, 0.1) is 5.92 Å². The number of carbonyl (C=O) groups is 1. The molecule has 152 valence electrons. The van der Waals surface area contributed by atoms with Crippen molar-refractivity contribution in [2.45, 2.75) is 49.4 Å². The third-order valence-corrected chi connectivity index (χ3v) is 7.20. The van der Waals surface area contributed by atoms with Crippen LogP contribution in [0.5, 0.6) is 5.75 Å². The van der Waals surface area contributed by atoms with Gasteiger partial charge >= 0.3 is 6.18 Å². The third kappa shape index (κ3) is 3.05. The van der Waals surface area contributed by atoms with Crippen molar-refractivity contribution in [2.24, 2.45) is 10.9 Å². The van der Waals surface area contributed by atoms with Crippen molar-refractivity contribution in [1.82, 2.24) is 4.90 Å². The molecule has 0 saturated heterocycles. The van der Waals surface area contributed by atoms with Crippen molar-refractivity contribution in [3.8, 4) is 5.75 Å². The van der Waals surface area contributed by atoms with Crippen molar-refractivity contribution in [3.63, 3.8) is 0 Å². The molecule has 2 spiro atoms. The van der Waals surface area contributed by atoms with E-state index < -0.39 is 23.2 Å². The number of alkyl halides is 3. The second-order valence-electron chi connectivity index (χ2n) is 7.76. The van der Waals surface area contributed by atoms with Crippen LogP contribution in [-0.2, 0) is 10.3 Å². The summed E-state index contributed by atoms with van der Waals surface area (Å²) in [5, 5.41) is 0.566. The van der Waals surface area contributed by atoms with Crippen LogP contribution in [-0.4, -0.2) is 41.1 Å². The summed E-state index contributed by atoms with van der Waals surface area (Å²) in [6, 6.07) is 5.29. The van der Waals surface area contributed by atoms with Gasteiger partial charge in [0.1, 0.15) is 11.4 Å². The van der Waals surface area contributed by atoms with Crippen LogP contribution >= 0.6 is 27.7 Å². The SMILES string of the molecule is CSC1=NC2(CC3(CCCC(C(F)(F)F)C3)Oc3ccc(Br)cc32)C(=O)N1C. The second kappa shape index (κ2) is 6.65. The lowest BCUT2D eigenvalue weighted by Gasteiger charge is -2.48. The summed E-state index contributed by atoms with van der Waals surface area (Å²) in [4.78, 5) is 19.6. The maximum absolute atomic E-state index is 13.5. The molecule has 1 amide bonds. The molecule has 3 atom stereocenters. The number of ether oxygens (including phenoxy) is 1. The van der Waals surface area contributed by atoms with Crippen molar-refractivity contribution >= 4 is 38.8 Å². The van der Waals surface area contributed by atoms with E-state index in [0.29, 0.717) is 29.3 Å². The Morgan fingerprint density at radius 2 is 2.14 bits per heavy atom. The number of halogens is 4. The fraction of sp³-hybridized carbons (Fsp3) is 0.579. The van der Waals surface area contributed by atoms with Crippen LogP contribution in [0.1, 0.15) is 37.7 Å². The highest BCUT2D eigenvalue weighted by molar-refractivity contribution is 9.10. The van der Waals surface area contributed by atoms with Crippen LogP contribution in [0.2, 0.25) is 0 Å². The Balaban J connectivity index is 1.85. The van der Waals surface area contributed by atoms with E-state index in [4.69, 9.17) is 9.73 Å². The minimum absolute atomic E-state index is 0.0992. The van der Waals surface area contributed by atoms with Gasteiger partial charge in [-0.2, -0.15) is 13.2 Å². The predicted octanol–water partition coefficient (Wildman–Crippen LogP) is 5.11. The molecule has 1 fully saturated rings. The van der Waals surface area contributed by atoms with Crippen LogP contribution in [0.4, 0.5) is 13.2 Å². The molecule has 4 rings (SSSR count). The number of nitrogens with zero attached hydrogens (tertiary/aromatic N) is 2. The van der Waals surface area contributed by atoms with E-state index in [1.165, 1.54) is 16.7 Å². The first-order valence-electron chi connectivity index (χ1n) is 9.08. The number of amides is 1. The highest BCUT2D eigenvalue weighted by Gasteiger charge is 2.60. The van der Waals surface area contributed by atoms with Crippen LogP contribution in [0.3, 0.4) is 0 Å². The molecule has 2 heterocycles. The molecule has 4 nitrogen and oxygen atoms in total. The quantitative estimate of drug-likeness (QED) is 0.522. The third-order valence-electron chi connectivity index (χ3n) is 5.97. The average molecular weight is 477 g/mol. The molecule has 0 N–H and O–H groups in total. The maximum Gasteiger partial charge on any atom is 0.391 e. The van der Waals surface area contributed by atoms with E-state index in [2.05, 4.69) is 15.9 Å². The number of carbonyl (C=O) groups excluding carboxylic acids is 1. The van der Waals surface area contributed by atoms with Gasteiger partial charge in [0.2, 0.25) is 0 Å². The first-order chi connectivity index (χ1) is 13.1. The van der Waals surface area contributed by atoms with E-state index in [0.717, 1.165) is 4.47 Å². The summed E-state index contributed by atoms with van der Waals surface area (Å²) >= 11 is 4.78. The number of hydrogen-bond donors (Lipinski definition) is 0. The number of hydrogen-bond acceptors (Lipinski definition) is 4. The van der Waals surface area contributed by atoms with Gasteiger partial charge in [0.15, 0.2) is 10.7 Å². The predicted molar refractivity (Wildman–Crippen MR) is 106 cm³/mol. The van der Waals surface area contributed by atoms with Gasteiger partial charge in [-0.3, -0.25) is 9.69 Å². The smallest absolute Gasteiger partial charge is 0.391 e. The van der Waals surface area contributed by atoms with Crippen LogP contribution in [0.15, 0.2) is 27.7 Å². The Bertz CT molecular complexity index is 862. The van der Waals surface area contributed by atoms with Gasteiger partial charge in [-0.15, -0.1) is 0 Å². The Labute approximate surface area is 174 Å². The number of thioether (sulfide) groups is 1. The Morgan fingerprint density at radius 3 is 2.79 bits per heavy atom. The molecule has 1 saturated carbocycles. The molecule has 28 heavy (non-hydrogen) atoms. The molecule has 0 radical (unpaired) electrons. The summed E-state index contributed by atoms with van der Waals surface area (Å²) in [5.74, 6) is -1.19. The minimum atomic E-state index is -4.27. The second-order valence-corrected chi connectivity index (χ2v) is 9.45. The van der Waals surface area contributed by atoms with E-state index in [1.807, 2.05) is 6.26 Å². The summed E-state index contributed by atoms with van der Waals surface area (Å²) in [7, 11) is 1.66. The van der Waals surface area contributed by atoms with Gasteiger partial charge in [0.25, 0.3) is 5.91 Å². The van der Waals surface area contributed by atoms with Gasteiger partial charge in [-0.05, 0) is 50.1 Å². The fourth-order valence-electron chi connectivity index (χ4n) is 4.73. The molecule has 3 unspecified atom stereocenters. The van der Waals surface area contributed by atoms with Gasteiger partial charge < -0.3 is 4.74 Å². The summed E-state index contributed by atoms with van der Waals surface area (Å²) in [5.41, 5.74) is -1.67. The molecule has 9 heteroatoms. The van der Waals surface area contributed by atoms with E-state index >= 15 is 0 Å². The molecular weight excluding hydrogens is 457 g/mol. The molecule has 1 aliphatic carbocycles. The summed E-state index contributed by atoms with van der Waals surface area (Å²) in [6.07, 6.45) is -1.46. The lowest BCUT2D eigenvalue weighted by Crippen LogP contribution is -2.54. The number of rotatable bonds is 0. The molecular formula is C19H20BrF3N2O2S. The normalized spacial score (nSPS) is 32.5. The van der Waals surface area contributed by atoms with Gasteiger partial charge in [-0.25, -0.2) is 4.99 Å². The zero-order chi connectivity index (χ0) is 20.3. The largest absolute Gasteiger partial charge is 0.487 e. The van der Waals surface area contributed by atoms with Crippen molar-refractivity contribution in [2.75, 3.05) is 13.3 Å². The van der Waals surface area contributed by atoms with Crippen LogP contribution < -0.4 is 4.74 Å². The number of fused-ring (bicyclic) bond motifs is 2. The lowest BCUT2D eigenvalue weighted by atomic mass is 9.68. The standard InChI is InChI=1S/C19H20BrF3N2O2S/c1-25-15(26)18(24-16(25)28-2)10-17(7-3-4-11(9-17)19(21,22)23)27-14-6-5-12(20)8-13(14)18/h5-6,8,11H,3-4,7,9-10H2,1-2H3. The summed E-state index contributed by atoms with van der Waals surface area (Å²) in [6.45, 7) is 0. The first kappa shape index (κ1) is 20.1. The lowest BCUT2D eigenvalue weighted by molar-refractivity contribution is -0.201. The summed E-state index contributed by atoms with van der Waals surface area (Å²) < 4.78 is 47.4. The van der Waals surface area contributed by atoms with Crippen LogP contribution in [0.25, 0.3) is 0 Å². The van der Waals surface area contributed by atoms with Gasteiger partial charge in [0, 0.05) is 23.5 Å². The zero-order valence-electron chi connectivity index (χ0n) is 15.5. The Kier molecular flexibility index (Phi) is 4.77. The maximum atomic E-state index is 13.5. The van der Waals surface area contributed by atoms with Gasteiger partial charge in [-0.1, -0.05) is 27.7 Å². The monoisotopic (exact) mass is 476 g/mol. The molecule has 0 aromatic heterocycles. The fourth-order valence-corrected chi connectivity index (χ4v) is 5.69. The average Bonchev–Trinajstić information content (AvgIpc) is 2.87. The first-order valence-corrected chi connectivity index (χ1v) is 11.1. The number of amidine groups is 1. The molecule has 1 aromatic carbocycles. The van der Waals surface area contributed by atoms with E-state index in [1.54, 1.807) is 25.2 Å². The van der Waals surface area contributed by atoms with E-state index in [-0.39, 0.29) is 25.2 Å². The molecule has 0 bridgehead atoms. The van der Waals surface area contributed by atoms with Crippen molar-refractivity contribution < 1.29 is 22.7 Å². The highest BCUT2D eigenvalue weighted by atomic mass is 79.9. The Hall–Kier alpha value is -1.22. The molecule has 1 aromatic rings. The van der Waals surface area contributed by atoms with Gasteiger partial charge in [0.05, 0.1) is 5.92 Å². The topological polar surface area (TPSA) is 41.9 Å². The highest BCUT2D eigenvalue weighted by Crippen LogP contribution is 2.56. The number of likely N-dealkylation sites (N-methyl/N-ethyl adjacent to an activating group) is 1. The minimum Gasteiger partial charge on any atom is -0.487 e. The Morgan fingerprint density at radius 1 is 1.39 bits per heavy atom. The molecule has 3 aliphatic rings. The molecule has 2 aliphatic heterocycles. The van der Waals surface area contributed by atoms with E-state index in [9.17, 15) is 18.0 Å².